The summed E-state index contributed by atoms with van der Waals surface area (Å²) in [7, 11) is 3.47. The highest BCUT2D eigenvalue weighted by atomic mass is 16.6. The van der Waals surface area contributed by atoms with Crippen molar-refractivity contribution in [2.24, 2.45) is 11.8 Å². The smallest absolute Gasteiger partial charge is 0.134 e. The zero-order valence-electron chi connectivity index (χ0n) is 14.8. The van der Waals surface area contributed by atoms with Gasteiger partial charge in [-0.3, -0.25) is 0 Å². The van der Waals surface area contributed by atoms with Crippen molar-refractivity contribution in [1.29, 1.82) is 0 Å². The van der Waals surface area contributed by atoms with Crippen molar-refractivity contribution < 1.29 is 14.2 Å². The van der Waals surface area contributed by atoms with Gasteiger partial charge in [-0.15, -0.1) is 0 Å². The highest BCUT2D eigenvalue weighted by molar-refractivity contribution is 5.36. The zero-order valence-corrected chi connectivity index (χ0v) is 14.8. The fourth-order valence-electron chi connectivity index (χ4n) is 4.45. The van der Waals surface area contributed by atoms with Crippen LogP contribution < -0.4 is 4.74 Å². The second-order valence-corrected chi connectivity index (χ2v) is 7.55. The van der Waals surface area contributed by atoms with Gasteiger partial charge < -0.3 is 14.2 Å². The lowest BCUT2D eigenvalue weighted by Crippen LogP contribution is -2.55. The van der Waals surface area contributed by atoms with Crippen molar-refractivity contribution in [2.75, 3.05) is 20.8 Å². The van der Waals surface area contributed by atoms with Crippen LogP contribution >= 0.6 is 0 Å². The first kappa shape index (κ1) is 16.2. The molecule has 3 aliphatic rings. The Bertz CT molecular complexity index is 584. The Morgan fingerprint density at radius 3 is 1.92 bits per heavy atom. The third kappa shape index (κ3) is 2.41. The molecular formula is C21H28O3. The average Bonchev–Trinajstić information content (AvgIpc) is 2.53. The molecule has 1 aromatic rings. The summed E-state index contributed by atoms with van der Waals surface area (Å²) in [5.74, 6) is 2.26. The molecule has 1 unspecified atom stereocenters. The standard InChI is InChI=1S/C21H28O3/c1-22-19-11-9-16(10-12-19)20(23-2)13-14-21(24-15-20,17-5-3-6-17)18-7-4-8-18/h9-14,17-18H,3-8,15H2,1-2H3. The normalized spacial score (nSPS) is 29.8. The van der Waals surface area contributed by atoms with Crippen molar-refractivity contribution in [3.05, 3.63) is 42.0 Å². The summed E-state index contributed by atoms with van der Waals surface area (Å²) in [5, 5.41) is 0. The molecular weight excluding hydrogens is 300 g/mol. The van der Waals surface area contributed by atoms with Gasteiger partial charge in [0.05, 0.1) is 19.3 Å². The molecule has 0 radical (unpaired) electrons. The Morgan fingerprint density at radius 1 is 0.917 bits per heavy atom. The van der Waals surface area contributed by atoms with Gasteiger partial charge in [-0.25, -0.2) is 0 Å². The molecule has 3 nitrogen and oxygen atoms in total. The molecule has 24 heavy (non-hydrogen) atoms. The number of hydrogen-bond donors (Lipinski definition) is 0. The molecule has 2 saturated carbocycles. The summed E-state index contributed by atoms with van der Waals surface area (Å²) in [6.45, 7) is 0.597. The quantitative estimate of drug-likeness (QED) is 0.747. The highest BCUT2D eigenvalue weighted by Crippen LogP contribution is 2.53. The maximum Gasteiger partial charge on any atom is 0.134 e. The number of rotatable bonds is 5. The van der Waals surface area contributed by atoms with E-state index in [9.17, 15) is 0 Å². The topological polar surface area (TPSA) is 27.7 Å². The molecule has 2 fully saturated rings. The molecule has 1 aliphatic heterocycles. The lowest BCUT2D eigenvalue weighted by Gasteiger charge is -2.54. The molecule has 0 spiro atoms. The molecule has 1 atom stereocenters. The van der Waals surface area contributed by atoms with E-state index >= 15 is 0 Å². The van der Waals surface area contributed by atoms with Gasteiger partial charge in [0.15, 0.2) is 0 Å². The van der Waals surface area contributed by atoms with Crippen molar-refractivity contribution in [3.8, 4) is 5.75 Å². The van der Waals surface area contributed by atoms with Crippen molar-refractivity contribution >= 4 is 0 Å². The van der Waals surface area contributed by atoms with E-state index in [1.165, 1.54) is 38.5 Å². The number of benzene rings is 1. The van der Waals surface area contributed by atoms with E-state index in [-0.39, 0.29) is 5.60 Å². The molecule has 0 saturated heterocycles. The van der Waals surface area contributed by atoms with Crippen molar-refractivity contribution in [1.82, 2.24) is 0 Å². The monoisotopic (exact) mass is 328 g/mol. The Hall–Kier alpha value is -1.32. The summed E-state index contributed by atoms with van der Waals surface area (Å²) >= 11 is 0. The molecule has 2 aliphatic carbocycles. The van der Waals surface area contributed by atoms with E-state index in [4.69, 9.17) is 14.2 Å². The summed E-state index contributed by atoms with van der Waals surface area (Å²) in [5.41, 5.74) is 0.603. The van der Waals surface area contributed by atoms with Crippen molar-refractivity contribution in [3.63, 3.8) is 0 Å². The molecule has 1 heterocycles. The van der Waals surface area contributed by atoms with Crippen LogP contribution in [0.25, 0.3) is 0 Å². The number of hydrogen-bond acceptors (Lipinski definition) is 3. The van der Waals surface area contributed by atoms with Crippen LogP contribution in [-0.2, 0) is 15.1 Å². The van der Waals surface area contributed by atoms with Gasteiger partial charge in [-0.2, -0.15) is 0 Å². The Labute approximate surface area is 145 Å². The van der Waals surface area contributed by atoms with Crippen LogP contribution in [0.5, 0.6) is 5.75 Å². The Kier molecular flexibility index (Phi) is 4.17. The van der Waals surface area contributed by atoms with Crippen LogP contribution in [0.1, 0.15) is 44.1 Å². The van der Waals surface area contributed by atoms with E-state index in [2.05, 4.69) is 24.3 Å². The lowest BCUT2D eigenvalue weighted by atomic mass is 9.60. The maximum atomic E-state index is 6.65. The Morgan fingerprint density at radius 2 is 1.54 bits per heavy atom. The van der Waals surface area contributed by atoms with Gasteiger partial charge in [0.25, 0.3) is 0 Å². The minimum atomic E-state index is -0.483. The molecule has 0 bridgehead atoms. The molecule has 0 aromatic heterocycles. The summed E-state index contributed by atoms with van der Waals surface area (Å²) < 4.78 is 17.9. The fourth-order valence-corrected chi connectivity index (χ4v) is 4.45. The molecule has 0 N–H and O–H groups in total. The van der Waals surface area contributed by atoms with Gasteiger partial charge in [0.1, 0.15) is 11.4 Å². The minimum absolute atomic E-state index is 0.0367. The van der Waals surface area contributed by atoms with Crippen LogP contribution in [0.2, 0.25) is 0 Å². The predicted molar refractivity (Wildman–Crippen MR) is 94.2 cm³/mol. The van der Waals surface area contributed by atoms with Gasteiger partial charge in [-0.1, -0.05) is 31.1 Å². The third-order valence-corrected chi connectivity index (χ3v) is 6.58. The summed E-state index contributed by atoms with van der Waals surface area (Å²) in [6, 6.07) is 8.14. The molecule has 1 aromatic carbocycles. The zero-order chi connectivity index (χ0) is 16.6. The highest BCUT2D eigenvalue weighted by Gasteiger charge is 2.52. The second kappa shape index (κ2) is 6.20. The SMILES string of the molecule is COc1ccc(C2(OC)C=CC(C3CCC3)(C3CCC3)OC2)cc1. The van der Waals surface area contributed by atoms with Crippen LogP contribution in [0, 0.1) is 11.8 Å². The predicted octanol–water partition coefficient (Wildman–Crippen LogP) is 4.46. The third-order valence-electron chi connectivity index (χ3n) is 6.58. The van der Waals surface area contributed by atoms with Crippen molar-refractivity contribution in [2.45, 2.75) is 49.7 Å². The van der Waals surface area contributed by atoms with Crippen LogP contribution in [0.3, 0.4) is 0 Å². The van der Waals surface area contributed by atoms with Crippen LogP contribution in [-0.4, -0.2) is 26.4 Å². The summed E-state index contributed by atoms with van der Waals surface area (Å²) in [4.78, 5) is 0. The first-order valence-electron chi connectivity index (χ1n) is 9.26. The van der Waals surface area contributed by atoms with E-state index < -0.39 is 5.60 Å². The maximum absolute atomic E-state index is 6.65. The van der Waals surface area contributed by atoms with Crippen LogP contribution in [0.15, 0.2) is 36.4 Å². The van der Waals surface area contributed by atoms with E-state index in [0.29, 0.717) is 18.4 Å². The van der Waals surface area contributed by atoms with Gasteiger partial charge in [0, 0.05) is 7.11 Å². The molecule has 130 valence electrons. The molecule has 3 heteroatoms. The fraction of sp³-hybridized carbons (Fsp3) is 0.619. The molecule has 0 amide bonds. The lowest BCUT2D eigenvalue weighted by molar-refractivity contribution is -0.180. The van der Waals surface area contributed by atoms with Gasteiger partial charge in [0.2, 0.25) is 0 Å². The largest absolute Gasteiger partial charge is 0.497 e. The van der Waals surface area contributed by atoms with Gasteiger partial charge in [-0.05, 0) is 61.3 Å². The first-order chi connectivity index (χ1) is 11.7. The van der Waals surface area contributed by atoms with E-state index in [1.54, 1.807) is 14.2 Å². The van der Waals surface area contributed by atoms with E-state index in [0.717, 1.165) is 11.3 Å². The number of ether oxygens (including phenoxy) is 3. The second-order valence-electron chi connectivity index (χ2n) is 7.55. The minimum Gasteiger partial charge on any atom is -0.497 e. The number of methoxy groups -OCH3 is 2. The average molecular weight is 328 g/mol. The van der Waals surface area contributed by atoms with Gasteiger partial charge >= 0.3 is 0 Å². The Balaban J connectivity index is 1.64. The van der Waals surface area contributed by atoms with Crippen LogP contribution in [0.4, 0.5) is 0 Å². The first-order valence-corrected chi connectivity index (χ1v) is 9.26. The summed E-state index contributed by atoms with van der Waals surface area (Å²) in [6.07, 6.45) is 12.6. The molecule has 4 rings (SSSR count). The van der Waals surface area contributed by atoms with E-state index in [1.807, 2.05) is 12.1 Å².